The summed E-state index contributed by atoms with van der Waals surface area (Å²) in [6.45, 7) is 10.9. The zero-order valence-electron chi connectivity index (χ0n) is 21.2. The third-order valence-corrected chi connectivity index (χ3v) is 6.85. The van der Waals surface area contributed by atoms with E-state index in [1.807, 2.05) is 31.2 Å². The number of allylic oxidation sites excluding steroid dienone is 1. The summed E-state index contributed by atoms with van der Waals surface area (Å²) in [6, 6.07) is 10.5. The number of benzene rings is 2. The first-order chi connectivity index (χ1) is 17.0. The van der Waals surface area contributed by atoms with Gasteiger partial charge in [-0.05, 0) is 75.1 Å². The number of hydrogen-bond donors (Lipinski definition) is 2. The van der Waals surface area contributed by atoms with Gasteiger partial charge in [-0.2, -0.15) is 0 Å². The van der Waals surface area contributed by atoms with Gasteiger partial charge in [0, 0.05) is 28.5 Å². The SMILES string of the molecule is CCCN1c2cc(Cl)c(/C=C3/NC(=O)N(CC(=O)Nc4ccccc4C)C3=O)cc2C(C)=CC1(C)C. The molecule has 4 rings (SSSR count). The lowest BCUT2D eigenvalue weighted by Crippen LogP contribution is -2.45. The highest BCUT2D eigenvalue weighted by molar-refractivity contribution is 6.32. The second-order valence-corrected chi connectivity index (χ2v) is 10.2. The van der Waals surface area contributed by atoms with Gasteiger partial charge in [-0.15, -0.1) is 0 Å². The Bertz CT molecular complexity index is 1310. The van der Waals surface area contributed by atoms with E-state index in [4.69, 9.17) is 11.6 Å². The second-order valence-electron chi connectivity index (χ2n) is 9.77. The summed E-state index contributed by atoms with van der Waals surface area (Å²) in [5.41, 5.74) is 5.27. The van der Waals surface area contributed by atoms with Crippen LogP contribution in [0.25, 0.3) is 11.6 Å². The molecule has 0 aromatic heterocycles. The zero-order chi connectivity index (χ0) is 26.2. The molecule has 1 fully saturated rings. The first-order valence-electron chi connectivity index (χ1n) is 12.0. The third kappa shape index (κ3) is 4.88. The Morgan fingerprint density at radius 2 is 1.89 bits per heavy atom. The largest absolute Gasteiger partial charge is 0.362 e. The first-order valence-corrected chi connectivity index (χ1v) is 12.4. The van der Waals surface area contributed by atoms with E-state index in [0.29, 0.717) is 16.3 Å². The molecule has 7 nitrogen and oxygen atoms in total. The molecular formula is C28H31ClN4O3. The number of carbonyl (C=O) groups is 3. The molecule has 8 heteroatoms. The van der Waals surface area contributed by atoms with E-state index in [2.05, 4.69) is 49.3 Å². The Morgan fingerprint density at radius 3 is 2.58 bits per heavy atom. The zero-order valence-corrected chi connectivity index (χ0v) is 22.0. The summed E-state index contributed by atoms with van der Waals surface area (Å²) in [5.74, 6) is -1.03. The Morgan fingerprint density at radius 1 is 1.17 bits per heavy atom. The molecule has 1 saturated heterocycles. The van der Waals surface area contributed by atoms with Crippen molar-refractivity contribution in [2.24, 2.45) is 0 Å². The summed E-state index contributed by atoms with van der Waals surface area (Å²) in [7, 11) is 0. The fraction of sp³-hybridized carbons (Fsp3) is 0.321. The standard InChI is InChI=1S/C28H31ClN4O3/c1-6-11-33-24-14-21(29)19(12-20(24)18(3)15-28(33,4)5)13-23-26(35)32(27(36)31-23)16-25(34)30-22-10-8-7-9-17(22)2/h7-10,12-15H,6,11,16H2,1-5H3,(H,30,34)(H,31,36)/b23-13+. The average molecular weight is 507 g/mol. The van der Waals surface area contributed by atoms with Gasteiger partial charge in [0.05, 0.1) is 5.54 Å². The molecule has 0 radical (unpaired) electrons. The van der Waals surface area contributed by atoms with Gasteiger partial charge < -0.3 is 15.5 Å². The van der Waals surface area contributed by atoms with Crippen LogP contribution in [0.2, 0.25) is 5.02 Å². The van der Waals surface area contributed by atoms with Crippen molar-refractivity contribution in [3.63, 3.8) is 0 Å². The third-order valence-electron chi connectivity index (χ3n) is 6.53. The van der Waals surface area contributed by atoms with E-state index < -0.39 is 24.4 Å². The minimum atomic E-state index is -0.646. The maximum atomic E-state index is 13.0. The topological polar surface area (TPSA) is 81.8 Å². The van der Waals surface area contributed by atoms with Crippen molar-refractivity contribution in [2.45, 2.75) is 46.6 Å². The van der Waals surface area contributed by atoms with E-state index in [1.165, 1.54) is 0 Å². The summed E-state index contributed by atoms with van der Waals surface area (Å²) >= 11 is 6.66. The molecule has 0 saturated carbocycles. The number of amides is 4. The van der Waals surface area contributed by atoms with Gasteiger partial charge in [-0.25, -0.2) is 9.69 Å². The van der Waals surface area contributed by atoms with Gasteiger partial charge in [-0.1, -0.05) is 42.8 Å². The molecule has 4 amide bonds. The minimum absolute atomic E-state index is 0.0775. The van der Waals surface area contributed by atoms with E-state index in [9.17, 15) is 14.4 Å². The molecule has 0 aliphatic carbocycles. The number of carbonyl (C=O) groups excluding carboxylic acids is 3. The predicted molar refractivity (Wildman–Crippen MR) is 145 cm³/mol. The Kier molecular flexibility index (Phi) is 6.96. The Labute approximate surface area is 216 Å². The number of anilines is 2. The van der Waals surface area contributed by atoms with E-state index >= 15 is 0 Å². The van der Waals surface area contributed by atoms with E-state index in [1.54, 1.807) is 18.2 Å². The molecular weight excluding hydrogens is 476 g/mol. The maximum absolute atomic E-state index is 13.0. The fourth-order valence-corrected chi connectivity index (χ4v) is 4.99. The minimum Gasteiger partial charge on any atom is -0.362 e. The quantitative estimate of drug-likeness (QED) is 0.395. The summed E-state index contributed by atoms with van der Waals surface area (Å²) in [4.78, 5) is 41.3. The molecule has 0 unspecified atom stereocenters. The van der Waals surface area contributed by atoms with E-state index in [0.717, 1.165) is 40.3 Å². The number of para-hydroxylation sites is 1. The molecule has 2 N–H and O–H groups in total. The van der Waals surface area contributed by atoms with Crippen LogP contribution in [0.4, 0.5) is 16.2 Å². The Hall–Kier alpha value is -3.58. The van der Waals surface area contributed by atoms with Crippen molar-refractivity contribution >= 4 is 52.5 Å². The van der Waals surface area contributed by atoms with Crippen LogP contribution >= 0.6 is 11.6 Å². The normalized spacial score (nSPS) is 17.7. The van der Waals surface area contributed by atoms with Crippen LogP contribution in [0, 0.1) is 6.92 Å². The molecule has 36 heavy (non-hydrogen) atoms. The van der Waals surface area contributed by atoms with Gasteiger partial charge in [-0.3, -0.25) is 9.59 Å². The lowest BCUT2D eigenvalue weighted by molar-refractivity contribution is -0.127. The molecule has 0 atom stereocenters. The molecule has 2 heterocycles. The number of halogens is 1. The van der Waals surface area contributed by atoms with Crippen LogP contribution in [0.3, 0.4) is 0 Å². The number of imide groups is 1. The number of rotatable bonds is 6. The van der Waals surface area contributed by atoms with Gasteiger partial charge >= 0.3 is 6.03 Å². The van der Waals surface area contributed by atoms with Crippen LogP contribution in [-0.4, -0.2) is 41.4 Å². The van der Waals surface area contributed by atoms with Crippen LogP contribution in [0.15, 0.2) is 48.2 Å². The van der Waals surface area contributed by atoms with Crippen molar-refractivity contribution < 1.29 is 14.4 Å². The second kappa shape index (κ2) is 9.82. The van der Waals surface area contributed by atoms with Crippen LogP contribution in [0.1, 0.15) is 50.8 Å². The smallest absolute Gasteiger partial charge is 0.329 e. The van der Waals surface area contributed by atoms with Crippen molar-refractivity contribution in [3.8, 4) is 0 Å². The molecule has 2 aliphatic rings. The average Bonchev–Trinajstić information content (AvgIpc) is 3.06. The highest BCUT2D eigenvalue weighted by Crippen LogP contribution is 2.42. The summed E-state index contributed by atoms with van der Waals surface area (Å²) < 4.78 is 0. The number of urea groups is 1. The maximum Gasteiger partial charge on any atom is 0.329 e. The number of fused-ring (bicyclic) bond motifs is 1. The van der Waals surface area contributed by atoms with Crippen molar-refractivity contribution in [2.75, 3.05) is 23.3 Å². The van der Waals surface area contributed by atoms with Gasteiger partial charge in [0.25, 0.3) is 5.91 Å². The van der Waals surface area contributed by atoms with Crippen LogP contribution < -0.4 is 15.5 Å². The highest BCUT2D eigenvalue weighted by atomic mass is 35.5. The predicted octanol–water partition coefficient (Wildman–Crippen LogP) is 5.59. The molecule has 0 bridgehead atoms. The fourth-order valence-electron chi connectivity index (χ4n) is 4.77. The van der Waals surface area contributed by atoms with Crippen LogP contribution in [-0.2, 0) is 9.59 Å². The number of nitrogens with zero attached hydrogens (tertiary/aromatic N) is 2. The monoisotopic (exact) mass is 506 g/mol. The Balaban J connectivity index is 1.58. The number of nitrogens with one attached hydrogen (secondary N) is 2. The molecule has 2 aromatic carbocycles. The first kappa shape index (κ1) is 25.5. The molecule has 0 spiro atoms. The van der Waals surface area contributed by atoms with Crippen molar-refractivity contribution in [1.82, 2.24) is 10.2 Å². The number of aryl methyl sites for hydroxylation is 1. The summed E-state index contributed by atoms with van der Waals surface area (Å²) in [5, 5.41) is 5.80. The van der Waals surface area contributed by atoms with E-state index in [-0.39, 0.29) is 11.2 Å². The lowest BCUT2D eigenvalue weighted by Gasteiger charge is -2.43. The highest BCUT2D eigenvalue weighted by Gasteiger charge is 2.36. The van der Waals surface area contributed by atoms with Crippen molar-refractivity contribution in [1.29, 1.82) is 0 Å². The molecule has 188 valence electrons. The number of hydrogen-bond acceptors (Lipinski definition) is 4. The van der Waals surface area contributed by atoms with Gasteiger partial charge in [0.2, 0.25) is 5.91 Å². The lowest BCUT2D eigenvalue weighted by atomic mass is 9.87. The van der Waals surface area contributed by atoms with Gasteiger partial charge in [0.15, 0.2) is 0 Å². The van der Waals surface area contributed by atoms with Crippen LogP contribution in [0.5, 0.6) is 0 Å². The summed E-state index contributed by atoms with van der Waals surface area (Å²) in [6.07, 6.45) is 4.79. The van der Waals surface area contributed by atoms with Crippen molar-refractivity contribution in [3.05, 3.63) is 69.9 Å². The molecule has 2 aliphatic heterocycles. The molecule has 2 aromatic rings. The van der Waals surface area contributed by atoms with Gasteiger partial charge in [0.1, 0.15) is 12.2 Å².